The molecule has 0 amide bonds. The summed E-state index contributed by atoms with van der Waals surface area (Å²) in [5.41, 5.74) is 1.16. The Kier molecular flexibility index (Phi) is 3.58. The SMILES string of the molecule is CN[C@@H](C)c1ccc(OC)c(Cl)c1. The second-order valence-corrected chi connectivity index (χ2v) is 3.31. The van der Waals surface area contributed by atoms with Crippen molar-refractivity contribution in [1.29, 1.82) is 0 Å². The van der Waals surface area contributed by atoms with Gasteiger partial charge in [0.2, 0.25) is 0 Å². The lowest BCUT2D eigenvalue weighted by molar-refractivity contribution is 0.414. The zero-order valence-corrected chi connectivity index (χ0v) is 8.85. The van der Waals surface area contributed by atoms with Gasteiger partial charge in [0, 0.05) is 6.04 Å². The fraction of sp³-hybridized carbons (Fsp3) is 0.400. The summed E-state index contributed by atoms with van der Waals surface area (Å²) in [7, 11) is 3.53. The summed E-state index contributed by atoms with van der Waals surface area (Å²) in [4.78, 5) is 0. The van der Waals surface area contributed by atoms with Gasteiger partial charge in [-0.15, -0.1) is 0 Å². The Morgan fingerprint density at radius 3 is 2.62 bits per heavy atom. The van der Waals surface area contributed by atoms with Crippen molar-refractivity contribution in [1.82, 2.24) is 5.32 Å². The maximum Gasteiger partial charge on any atom is 0.137 e. The second-order valence-electron chi connectivity index (χ2n) is 2.90. The van der Waals surface area contributed by atoms with E-state index >= 15 is 0 Å². The molecule has 3 heteroatoms. The molecule has 1 N–H and O–H groups in total. The van der Waals surface area contributed by atoms with E-state index < -0.39 is 0 Å². The molecule has 2 nitrogen and oxygen atoms in total. The van der Waals surface area contributed by atoms with Gasteiger partial charge in [0.15, 0.2) is 0 Å². The lowest BCUT2D eigenvalue weighted by Crippen LogP contribution is -2.12. The van der Waals surface area contributed by atoms with Crippen LogP contribution in [0.4, 0.5) is 0 Å². The van der Waals surface area contributed by atoms with Gasteiger partial charge in [-0.1, -0.05) is 17.7 Å². The molecular formula is C10H14ClNO. The summed E-state index contributed by atoms with van der Waals surface area (Å²) in [5.74, 6) is 0.716. The average molecular weight is 200 g/mol. The van der Waals surface area contributed by atoms with Crippen molar-refractivity contribution < 1.29 is 4.74 Å². The van der Waals surface area contributed by atoms with Gasteiger partial charge in [-0.2, -0.15) is 0 Å². The Morgan fingerprint density at radius 2 is 2.15 bits per heavy atom. The fourth-order valence-corrected chi connectivity index (χ4v) is 1.38. The van der Waals surface area contributed by atoms with Crippen LogP contribution in [0, 0.1) is 0 Å². The molecule has 13 heavy (non-hydrogen) atoms. The van der Waals surface area contributed by atoms with E-state index in [1.54, 1.807) is 7.11 Å². The van der Waals surface area contributed by atoms with Gasteiger partial charge in [-0.25, -0.2) is 0 Å². The number of hydrogen-bond acceptors (Lipinski definition) is 2. The molecule has 72 valence electrons. The summed E-state index contributed by atoms with van der Waals surface area (Å²) in [6.07, 6.45) is 0. The summed E-state index contributed by atoms with van der Waals surface area (Å²) >= 11 is 5.98. The van der Waals surface area contributed by atoms with Crippen molar-refractivity contribution in [3.05, 3.63) is 28.8 Å². The second kappa shape index (κ2) is 4.49. The fourth-order valence-electron chi connectivity index (χ4n) is 1.12. The van der Waals surface area contributed by atoms with E-state index in [0.29, 0.717) is 16.8 Å². The number of halogens is 1. The van der Waals surface area contributed by atoms with Crippen molar-refractivity contribution in [2.75, 3.05) is 14.2 Å². The molecule has 0 aromatic heterocycles. The minimum absolute atomic E-state index is 0.309. The molecule has 1 atom stereocenters. The Balaban J connectivity index is 2.95. The van der Waals surface area contributed by atoms with Crippen LogP contribution in [0.5, 0.6) is 5.75 Å². The molecule has 0 aliphatic heterocycles. The van der Waals surface area contributed by atoms with Crippen LogP contribution in [0.1, 0.15) is 18.5 Å². The zero-order chi connectivity index (χ0) is 9.84. The summed E-state index contributed by atoms with van der Waals surface area (Å²) in [6.45, 7) is 2.08. The molecule has 0 bridgehead atoms. The molecular weight excluding hydrogens is 186 g/mol. The monoisotopic (exact) mass is 199 g/mol. The first-order valence-corrected chi connectivity index (χ1v) is 4.57. The largest absolute Gasteiger partial charge is 0.495 e. The van der Waals surface area contributed by atoms with Gasteiger partial charge in [-0.3, -0.25) is 0 Å². The van der Waals surface area contributed by atoms with E-state index in [1.165, 1.54) is 0 Å². The number of benzene rings is 1. The van der Waals surface area contributed by atoms with Crippen molar-refractivity contribution in [2.24, 2.45) is 0 Å². The third kappa shape index (κ3) is 2.36. The predicted molar refractivity (Wildman–Crippen MR) is 55.5 cm³/mol. The van der Waals surface area contributed by atoms with Crippen LogP contribution in [-0.4, -0.2) is 14.2 Å². The van der Waals surface area contributed by atoms with Gasteiger partial charge >= 0.3 is 0 Å². The van der Waals surface area contributed by atoms with Gasteiger partial charge in [0.05, 0.1) is 12.1 Å². The van der Waals surface area contributed by atoms with E-state index in [9.17, 15) is 0 Å². The first kappa shape index (κ1) is 10.4. The Hall–Kier alpha value is -0.730. The molecule has 0 saturated carbocycles. The van der Waals surface area contributed by atoms with Crippen molar-refractivity contribution in [3.8, 4) is 5.75 Å². The lowest BCUT2D eigenvalue weighted by atomic mass is 10.1. The summed E-state index contributed by atoms with van der Waals surface area (Å²) in [6, 6.07) is 6.11. The molecule has 0 unspecified atom stereocenters. The quantitative estimate of drug-likeness (QED) is 0.808. The van der Waals surface area contributed by atoms with Crippen LogP contribution >= 0.6 is 11.6 Å². The summed E-state index contributed by atoms with van der Waals surface area (Å²) < 4.78 is 5.06. The molecule has 0 saturated heterocycles. The maximum atomic E-state index is 5.98. The molecule has 1 aromatic rings. The summed E-state index contributed by atoms with van der Waals surface area (Å²) in [5, 5.41) is 3.80. The van der Waals surface area contributed by atoms with Gasteiger partial charge in [0.25, 0.3) is 0 Å². The molecule has 0 fully saturated rings. The predicted octanol–water partition coefficient (Wildman–Crippen LogP) is 2.63. The van der Waals surface area contributed by atoms with E-state index in [2.05, 4.69) is 12.2 Å². The highest BCUT2D eigenvalue weighted by Crippen LogP contribution is 2.27. The van der Waals surface area contributed by atoms with E-state index in [0.717, 1.165) is 5.56 Å². The minimum atomic E-state index is 0.309. The van der Waals surface area contributed by atoms with Crippen LogP contribution < -0.4 is 10.1 Å². The third-order valence-corrected chi connectivity index (χ3v) is 2.40. The maximum absolute atomic E-state index is 5.98. The van der Waals surface area contributed by atoms with Gasteiger partial charge in [0.1, 0.15) is 5.75 Å². The van der Waals surface area contributed by atoms with Crippen LogP contribution in [0.2, 0.25) is 5.02 Å². The van der Waals surface area contributed by atoms with Crippen molar-refractivity contribution in [2.45, 2.75) is 13.0 Å². The van der Waals surface area contributed by atoms with Crippen LogP contribution in [-0.2, 0) is 0 Å². The third-order valence-electron chi connectivity index (χ3n) is 2.11. The molecule has 0 aliphatic carbocycles. The number of ether oxygens (including phenoxy) is 1. The number of methoxy groups -OCH3 is 1. The Bertz CT molecular complexity index is 288. The highest BCUT2D eigenvalue weighted by Gasteiger charge is 2.05. The smallest absolute Gasteiger partial charge is 0.137 e. The highest BCUT2D eigenvalue weighted by molar-refractivity contribution is 6.32. The minimum Gasteiger partial charge on any atom is -0.495 e. The average Bonchev–Trinajstić information content (AvgIpc) is 2.16. The number of hydrogen-bond donors (Lipinski definition) is 1. The number of rotatable bonds is 3. The Morgan fingerprint density at radius 1 is 1.46 bits per heavy atom. The van der Waals surface area contributed by atoms with E-state index in [4.69, 9.17) is 16.3 Å². The first-order chi connectivity index (χ1) is 6.19. The molecule has 0 heterocycles. The van der Waals surface area contributed by atoms with Crippen LogP contribution in [0.25, 0.3) is 0 Å². The van der Waals surface area contributed by atoms with Gasteiger partial charge < -0.3 is 10.1 Å². The molecule has 0 radical (unpaired) electrons. The highest BCUT2D eigenvalue weighted by atomic mass is 35.5. The molecule has 0 spiro atoms. The topological polar surface area (TPSA) is 21.3 Å². The number of nitrogens with one attached hydrogen (secondary N) is 1. The molecule has 1 aromatic carbocycles. The molecule has 1 rings (SSSR count). The molecule has 0 aliphatic rings. The standard InChI is InChI=1S/C10H14ClNO/c1-7(12-2)8-4-5-10(13-3)9(11)6-8/h4-7,12H,1-3H3/t7-/m0/s1. The van der Waals surface area contributed by atoms with Gasteiger partial charge in [-0.05, 0) is 31.7 Å². The zero-order valence-electron chi connectivity index (χ0n) is 8.10. The van der Waals surface area contributed by atoms with E-state index in [-0.39, 0.29) is 0 Å². The van der Waals surface area contributed by atoms with E-state index in [1.807, 2.05) is 25.2 Å². The van der Waals surface area contributed by atoms with Crippen LogP contribution in [0.3, 0.4) is 0 Å². The normalized spacial score (nSPS) is 12.6. The van der Waals surface area contributed by atoms with Crippen molar-refractivity contribution >= 4 is 11.6 Å². The Labute approximate surface area is 83.9 Å². The first-order valence-electron chi connectivity index (χ1n) is 4.19. The van der Waals surface area contributed by atoms with Crippen LogP contribution in [0.15, 0.2) is 18.2 Å². The lowest BCUT2D eigenvalue weighted by Gasteiger charge is -2.12. The van der Waals surface area contributed by atoms with Crippen molar-refractivity contribution in [3.63, 3.8) is 0 Å².